The van der Waals surface area contributed by atoms with Crippen LogP contribution in [0.4, 0.5) is 5.82 Å². The van der Waals surface area contributed by atoms with Crippen LogP contribution in [-0.4, -0.2) is 59.4 Å². The normalized spacial score (nSPS) is 16.6. The van der Waals surface area contributed by atoms with Crippen molar-refractivity contribution in [3.8, 4) is 5.88 Å². The van der Waals surface area contributed by atoms with Crippen molar-refractivity contribution < 1.29 is 9.53 Å². The molecule has 1 aliphatic heterocycles. The molecule has 8 heteroatoms. The van der Waals surface area contributed by atoms with Crippen molar-refractivity contribution in [3.05, 3.63) is 35.9 Å². The Bertz CT molecular complexity index is 685. The average Bonchev–Trinajstić information content (AvgIpc) is 3.11. The fourth-order valence-corrected chi connectivity index (χ4v) is 3.65. The molecule has 1 aromatic carbocycles. The number of primary amides is 1. The maximum absolute atomic E-state index is 11.9. The lowest BCUT2D eigenvalue weighted by molar-refractivity contribution is -0.122. The van der Waals surface area contributed by atoms with Gasteiger partial charge in [-0.1, -0.05) is 30.3 Å². The van der Waals surface area contributed by atoms with Crippen molar-refractivity contribution in [1.82, 2.24) is 13.6 Å². The molecule has 0 bridgehead atoms. The summed E-state index contributed by atoms with van der Waals surface area (Å²) in [7, 11) is 1.61. The SMILES string of the molecule is COc1nsnc1N1CCN(CC(Cc2ccccc2)C(N)=O)CC1. The third-order valence-corrected chi connectivity index (χ3v) is 5.02. The number of carbonyl (C=O) groups excluding carboxylic acids is 1. The molecule has 3 rings (SSSR count). The van der Waals surface area contributed by atoms with Gasteiger partial charge in [0.25, 0.3) is 5.88 Å². The number of aromatic nitrogens is 2. The molecule has 2 aromatic rings. The molecule has 1 saturated heterocycles. The fourth-order valence-electron chi connectivity index (χ4n) is 3.11. The number of benzene rings is 1. The van der Waals surface area contributed by atoms with Gasteiger partial charge < -0.3 is 15.4 Å². The van der Waals surface area contributed by atoms with Gasteiger partial charge in [0, 0.05) is 32.7 Å². The summed E-state index contributed by atoms with van der Waals surface area (Å²) >= 11 is 1.16. The van der Waals surface area contributed by atoms with Crippen LogP contribution in [-0.2, 0) is 11.2 Å². The van der Waals surface area contributed by atoms with E-state index in [1.807, 2.05) is 30.3 Å². The van der Waals surface area contributed by atoms with E-state index in [4.69, 9.17) is 10.5 Å². The Morgan fingerprint density at radius 1 is 1.24 bits per heavy atom. The lowest BCUT2D eigenvalue weighted by Gasteiger charge is -2.36. The van der Waals surface area contributed by atoms with Gasteiger partial charge in [-0.25, -0.2) is 0 Å². The Hall–Kier alpha value is -2.19. The second-order valence-electron chi connectivity index (χ2n) is 6.17. The first-order valence-electron chi connectivity index (χ1n) is 8.34. The summed E-state index contributed by atoms with van der Waals surface area (Å²) in [6.07, 6.45) is 0.681. The minimum atomic E-state index is -0.239. The third kappa shape index (κ3) is 4.46. The molecule has 1 fully saturated rings. The molecular weight excluding hydrogens is 338 g/mol. The number of piperazine rings is 1. The highest BCUT2D eigenvalue weighted by atomic mass is 32.1. The van der Waals surface area contributed by atoms with Gasteiger partial charge in [0.2, 0.25) is 11.7 Å². The van der Waals surface area contributed by atoms with Gasteiger partial charge in [-0.2, -0.15) is 4.37 Å². The Labute approximate surface area is 151 Å². The van der Waals surface area contributed by atoms with Crippen LogP contribution in [0.3, 0.4) is 0 Å². The zero-order valence-corrected chi connectivity index (χ0v) is 15.1. The van der Waals surface area contributed by atoms with E-state index in [1.165, 1.54) is 0 Å². The second-order valence-corrected chi connectivity index (χ2v) is 6.70. The molecule has 1 aliphatic rings. The van der Waals surface area contributed by atoms with Crippen LogP contribution in [0.15, 0.2) is 30.3 Å². The lowest BCUT2D eigenvalue weighted by atomic mass is 9.98. The maximum atomic E-state index is 11.9. The third-order valence-electron chi connectivity index (χ3n) is 4.51. The van der Waals surface area contributed by atoms with Crippen LogP contribution in [0, 0.1) is 5.92 Å². The Morgan fingerprint density at radius 2 is 1.96 bits per heavy atom. The smallest absolute Gasteiger partial charge is 0.270 e. The summed E-state index contributed by atoms with van der Waals surface area (Å²) in [4.78, 5) is 16.3. The standard InChI is InChI=1S/C17H23N5O2S/c1-24-17-16(19-25-20-17)22-9-7-21(8-10-22)12-14(15(18)23)11-13-5-3-2-4-6-13/h2-6,14H,7-12H2,1H3,(H2,18,23). The van der Waals surface area contributed by atoms with Gasteiger partial charge in [0.05, 0.1) is 24.8 Å². The van der Waals surface area contributed by atoms with Crippen molar-refractivity contribution in [2.45, 2.75) is 6.42 Å². The number of nitrogens with two attached hydrogens (primary N) is 1. The van der Waals surface area contributed by atoms with Crippen molar-refractivity contribution in [1.29, 1.82) is 0 Å². The van der Waals surface area contributed by atoms with Crippen LogP contribution in [0.5, 0.6) is 5.88 Å². The van der Waals surface area contributed by atoms with E-state index >= 15 is 0 Å². The van der Waals surface area contributed by atoms with Gasteiger partial charge >= 0.3 is 0 Å². The maximum Gasteiger partial charge on any atom is 0.270 e. The number of nitrogens with zero attached hydrogens (tertiary/aromatic N) is 4. The first kappa shape index (κ1) is 17.6. The predicted molar refractivity (Wildman–Crippen MR) is 97.9 cm³/mol. The van der Waals surface area contributed by atoms with Crippen LogP contribution < -0.4 is 15.4 Å². The number of anilines is 1. The molecule has 1 amide bonds. The van der Waals surface area contributed by atoms with E-state index in [1.54, 1.807) is 7.11 Å². The fraction of sp³-hybridized carbons (Fsp3) is 0.471. The van der Waals surface area contributed by atoms with Crippen LogP contribution in [0.1, 0.15) is 5.56 Å². The van der Waals surface area contributed by atoms with E-state index in [2.05, 4.69) is 18.5 Å². The van der Waals surface area contributed by atoms with Crippen LogP contribution in [0.25, 0.3) is 0 Å². The van der Waals surface area contributed by atoms with Crippen molar-refractivity contribution >= 4 is 23.5 Å². The zero-order chi connectivity index (χ0) is 17.6. The largest absolute Gasteiger partial charge is 0.478 e. The van der Waals surface area contributed by atoms with E-state index in [0.29, 0.717) is 18.8 Å². The van der Waals surface area contributed by atoms with Crippen molar-refractivity contribution in [2.24, 2.45) is 11.7 Å². The Morgan fingerprint density at radius 3 is 2.60 bits per heavy atom. The first-order chi connectivity index (χ1) is 12.2. The Kier molecular flexibility index (Phi) is 5.83. The topological polar surface area (TPSA) is 84.6 Å². The molecule has 0 radical (unpaired) electrons. The molecule has 1 atom stereocenters. The summed E-state index contributed by atoms with van der Waals surface area (Å²) in [5.41, 5.74) is 6.78. The molecule has 0 saturated carbocycles. The molecule has 1 aromatic heterocycles. The summed E-state index contributed by atoms with van der Waals surface area (Å²) in [5.74, 6) is 0.974. The lowest BCUT2D eigenvalue weighted by Crippen LogP contribution is -2.49. The number of carbonyl (C=O) groups is 1. The van der Waals surface area contributed by atoms with Crippen LogP contribution >= 0.6 is 11.7 Å². The van der Waals surface area contributed by atoms with Gasteiger partial charge in [-0.3, -0.25) is 9.69 Å². The highest BCUT2D eigenvalue weighted by Crippen LogP contribution is 2.26. The van der Waals surface area contributed by atoms with Crippen molar-refractivity contribution in [3.63, 3.8) is 0 Å². The van der Waals surface area contributed by atoms with Gasteiger partial charge in [0.1, 0.15) is 0 Å². The molecule has 1 unspecified atom stereocenters. The molecule has 2 N–H and O–H groups in total. The highest BCUT2D eigenvalue weighted by Gasteiger charge is 2.26. The first-order valence-corrected chi connectivity index (χ1v) is 9.07. The molecule has 134 valence electrons. The number of ether oxygens (including phenoxy) is 1. The summed E-state index contributed by atoms with van der Waals surface area (Å²) in [5, 5.41) is 0. The van der Waals surface area contributed by atoms with Gasteiger partial charge in [0.15, 0.2) is 0 Å². The molecular formula is C17H23N5O2S. The molecule has 2 heterocycles. The monoisotopic (exact) mass is 361 g/mol. The van der Waals surface area contributed by atoms with Gasteiger partial charge in [-0.15, -0.1) is 4.37 Å². The number of hydrogen-bond donors (Lipinski definition) is 1. The minimum Gasteiger partial charge on any atom is -0.478 e. The second kappa shape index (κ2) is 8.26. The zero-order valence-electron chi connectivity index (χ0n) is 14.3. The van der Waals surface area contributed by atoms with E-state index in [-0.39, 0.29) is 11.8 Å². The molecule has 7 nitrogen and oxygen atoms in total. The molecule has 0 aliphatic carbocycles. The van der Waals surface area contributed by atoms with E-state index < -0.39 is 0 Å². The van der Waals surface area contributed by atoms with E-state index in [0.717, 1.165) is 49.3 Å². The van der Waals surface area contributed by atoms with Gasteiger partial charge in [-0.05, 0) is 12.0 Å². The summed E-state index contributed by atoms with van der Waals surface area (Å²) in [6, 6.07) is 10.0. The number of hydrogen-bond acceptors (Lipinski definition) is 7. The van der Waals surface area contributed by atoms with E-state index in [9.17, 15) is 4.79 Å². The summed E-state index contributed by atoms with van der Waals surface area (Å²) < 4.78 is 13.7. The number of methoxy groups -OCH3 is 1. The molecule has 25 heavy (non-hydrogen) atoms. The average molecular weight is 361 g/mol. The number of rotatable bonds is 7. The van der Waals surface area contributed by atoms with Crippen LogP contribution in [0.2, 0.25) is 0 Å². The molecule has 0 spiro atoms. The minimum absolute atomic E-state index is 0.176. The Balaban J connectivity index is 1.55. The highest BCUT2D eigenvalue weighted by molar-refractivity contribution is 6.99. The summed E-state index contributed by atoms with van der Waals surface area (Å²) in [6.45, 7) is 4.07. The predicted octanol–water partition coefficient (Wildman–Crippen LogP) is 1.01. The number of amides is 1. The quantitative estimate of drug-likeness (QED) is 0.792. The van der Waals surface area contributed by atoms with Crippen molar-refractivity contribution in [2.75, 3.05) is 44.7 Å².